The molecule has 8 nitrogen and oxygen atoms in total. The van der Waals surface area contributed by atoms with Gasteiger partial charge in [-0.25, -0.2) is 17.9 Å². The molecule has 25 heavy (non-hydrogen) atoms. The Kier molecular flexibility index (Phi) is 7.75. The quantitative estimate of drug-likeness (QED) is 0.413. The van der Waals surface area contributed by atoms with Gasteiger partial charge in [-0.15, -0.1) is 6.58 Å². The van der Waals surface area contributed by atoms with Crippen LogP contribution < -0.4 is 10.0 Å². The number of carboxylic acids is 1. The minimum absolute atomic E-state index is 0.0293. The lowest BCUT2D eigenvalue weighted by atomic mass is 10.2. The summed E-state index contributed by atoms with van der Waals surface area (Å²) in [5, 5.41) is 11.4. The lowest BCUT2D eigenvalue weighted by Crippen LogP contribution is -2.44. The van der Waals surface area contributed by atoms with Gasteiger partial charge in [0.05, 0.1) is 18.1 Å². The van der Waals surface area contributed by atoms with Crippen LogP contribution >= 0.6 is 0 Å². The Morgan fingerprint density at radius 2 is 2.04 bits per heavy atom. The van der Waals surface area contributed by atoms with Crippen molar-refractivity contribution in [3.8, 4) is 0 Å². The number of hydrogen-bond acceptors (Lipinski definition) is 5. The van der Waals surface area contributed by atoms with Crippen LogP contribution in [0.5, 0.6) is 0 Å². The summed E-state index contributed by atoms with van der Waals surface area (Å²) in [6.07, 6.45) is 1.46. The van der Waals surface area contributed by atoms with Crippen LogP contribution in [-0.4, -0.2) is 50.7 Å². The molecule has 0 saturated heterocycles. The number of aliphatic carboxylic acids is 1. The van der Waals surface area contributed by atoms with E-state index < -0.39 is 27.9 Å². The monoisotopic (exact) mass is 370 g/mol. The number of nitrogens with one attached hydrogen (secondary N) is 2. The van der Waals surface area contributed by atoms with Crippen LogP contribution in [0.25, 0.3) is 0 Å². The maximum Gasteiger partial charge on any atom is 0.328 e. The SMILES string of the molecule is C=CCOCC(NC(=O)c1cccc(S(=O)(=O)NC(C)C)c1)C(=O)O. The minimum atomic E-state index is -3.76. The van der Waals surface area contributed by atoms with E-state index in [1.54, 1.807) is 13.8 Å². The van der Waals surface area contributed by atoms with E-state index in [-0.39, 0.29) is 29.7 Å². The molecule has 0 spiro atoms. The molecule has 9 heteroatoms. The van der Waals surface area contributed by atoms with E-state index in [1.165, 1.54) is 30.3 Å². The molecule has 0 fully saturated rings. The molecular weight excluding hydrogens is 348 g/mol. The van der Waals surface area contributed by atoms with E-state index in [0.717, 1.165) is 0 Å². The Labute approximate surface area is 146 Å². The van der Waals surface area contributed by atoms with Gasteiger partial charge < -0.3 is 15.2 Å². The second kappa shape index (κ2) is 9.30. The number of benzene rings is 1. The first-order valence-corrected chi connectivity index (χ1v) is 9.00. The third kappa shape index (κ3) is 6.65. The second-order valence-corrected chi connectivity index (χ2v) is 7.21. The molecule has 1 rings (SSSR count). The average Bonchev–Trinajstić information content (AvgIpc) is 2.52. The summed E-state index contributed by atoms with van der Waals surface area (Å²) in [5.41, 5.74) is 0.0293. The van der Waals surface area contributed by atoms with E-state index in [1.807, 2.05) is 0 Å². The van der Waals surface area contributed by atoms with Gasteiger partial charge in [0.25, 0.3) is 5.91 Å². The van der Waals surface area contributed by atoms with Crippen molar-refractivity contribution in [2.24, 2.45) is 0 Å². The molecule has 0 aliphatic rings. The topological polar surface area (TPSA) is 122 Å². The van der Waals surface area contributed by atoms with Crippen molar-refractivity contribution in [2.45, 2.75) is 30.8 Å². The van der Waals surface area contributed by atoms with Crippen molar-refractivity contribution in [3.63, 3.8) is 0 Å². The van der Waals surface area contributed by atoms with E-state index >= 15 is 0 Å². The molecule has 3 N–H and O–H groups in total. The fraction of sp³-hybridized carbons (Fsp3) is 0.375. The summed E-state index contributed by atoms with van der Waals surface area (Å²) in [5.74, 6) is -1.97. The van der Waals surface area contributed by atoms with Crippen LogP contribution in [-0.2, 0) is 19.6 Å². The van der Waals surface area contributed by atoms with Gasteiger partial charge in [0.15, 0.2) is 6.04 Å². The van der Waals surface area contributed by atoms with Gasteiger partial charge >= 0.3 is 5.97 Å². The van der Waals surface area contributed by atoms with Gasteiger partial charge in [-0.3, -0.25) is 4.79 Å². The summed E-state index contributed by atoms with van der Waals surface area (Å²) in [6, 6.07) is 3.77. The highest BCUT2D eigenvalue weighted by atomic mass is 32.2. The second-order valence-electron chi connectivity index (χ2n) is 5.49. The van der Waals surface area contributed by atoms with Gasteiger partial charge in [-0.2, -0.15) is 0 Å². The van der Waals surface area contributed by atoms with E-state index in [2.05, 4.69) is 16.6 Å². The minimum Gasteiger partial charge on any atom is -0.480 e. The maximum absolute atomic E-state index is 12.2. The predicted molar refractivity (Wildman–Crippen MR) is 91.8 cm³/mol. The lowest BCUT2D eigenvalue weighted by molar-refractivity contribution is -0.140. The van der Waals surface area contributed by atoms with Crippen LogP contribution in [0.15, 0.2) is 41.8 Å². The van der Waals surface area contributed by atoms with Gasteiger partial charge in [0.2, 0.25) is 10.0 Å². The molecule has 0 saturated carbocycles. The molecule has 0 radical (unpaired) electrons. The largest absolute Gasteiger partial charge is 0.480 e. The van der Waals surface area contributed by atoms with E-state index in [0.29, 0.717) is 0 Å². The van der Waals surface area contributed by atoms with E-state index in [4.69, 9.17) is 9.84 Å². The molecule has 1 unspecified atom stereocenters. The van der Waals surface area contributed by atoms with Crippen molar-refractivity contribution in [3.05, 3.63) is 42.5 Å². The molecule has 0 heterocycles. The van der Waals surface area contributed by atoms with Crippen molar-refractivity contribution < 1.29 is 27.9 Å². The number of carbonyl (C=O) groups excluding carboxylic acids is 1. The fourth-order valence-corrected chi connectivity index (χ4v) is 3.16. The van der Waals surface area contributed by atoms with Crippen LogP contribution in [0.4, 0.5) is 0 Å². The zero-order valence-corrected chi connectivity index (χ0v) is 14.9. The average molecular weight is 370 g/mol. The Morgan fingerprint density at radius 1 is 1.36 bits per heavy atom. The van der Waals surface area contributed by atoms with Crippen molar-refractivity contribution >= 4 is 21.9 Å². The molecule has 1 aromatic rings. The first-order chi connectivity index (χ1) is 11.7. The number of carboxylic acid groups (broad SMARTS) is 1. The maximum atomic E-state index is 12.2. The molecule has 0 aliphatic heterocycles. The number of rotatable bonds is 10. The zero-order valence-electron chi connectivity index (χ0n) is 14.1. The van der Waals surface area contributed by atoms with Crippen LogP contribution in [0.2, 0.25) is 0 Å². The number of carbonyl (C=O) groups is 2. The third-order valence-electron chi connectivity index (χ3n) is 2.92. The van der Waals surface area contributed by atoms with Gasteiger partial charge in [-0.05, 0) is 32.0 Å². The Morgan fingerprint density at radius 3 is 2.60 bits per heavy atom. The fourth-order valence-electron chi connectivity index (χ4n) is 1.87. The number of ether oxygens (including phenoxy) is 1. The molecule has 138 valence electrons. The first-order valence-electron chi connectivity index (χ1n) is 7.52. The molecular formula is C16H22N2O6S. The Hall–Kier alpha value is -2.23. The lowest BCUT2D eigenvalue weighted by Gasteiger charge is -2.15. The summed E-state index contributed by atoms with van der Waals surface area (Å²) < 4.78 is 31.8. The summed E-state index contributed by atoms with van der Waals surface area (Å²) in [6.45, 7) is 6.70. The summed E-state index contributed by atoms with van der Waals surface area (Å²) >= 11 is 0. The van der Waals surface area contributed by atoms with Crippen molar-refractivity contribution in [1.82, 2.24) is 10.0 Å². The van der Waals surface area contributed by atoms with Crippen LogP contribution in [0.1, 0.15) is 24.2 Å². The third-order valence-corrected chi connectivity index (χ3v) is 4.58. The zero-order chi connectivity index (χ0) is 19.0. The molecule has 1 amide bonds. The Bertz CT molecular complexity index is 730. The highest BCUT2D eigenvalue weighted by molar-refractivity contribution is 7.89. The molecule has 0 aromatic heterocycles. The molecule has 1 aromatic carbocycles. The standard InChI is InChI=1S/C16H22N2O6S/c1-4-8-24-10-14(16(20)21)17-15(19)12-6-5-7-13(9-12)25(22,23)18-11(2)3/h4-7,9,11,14,18H,1,8,10H2,2-3H3,(H,17,19)(H,20,21). The highest BCUT2D eigenvalue weighted by Gasteiger charge is 2.22. The van der Waals surface area contributed by atoms with Crippen molar-refractivity contribution in [2.75, 3.05) is 13.2 Å². The number of amides is 1. The molecule has 1 atom stereocenters. The molecule has 0 bridgehead atoms. The first kappa shape index (κ1) is 20.8. The smallest absolute Gasteiger partial charge is 0.328 e. The number of sulfonamides is 1. The van der Waals surface area contributed by atoms with Gasteiger partial charge in [-0.1, -0.05) is 12.1 Å². The van der Waals surface area contributed by atoms with Gasteiger partial charge in [0.1, 0.15) is 0 Å². The van der Waals surface area contributed by atoms with Crippen molar-refractivity contribution in [1.29, 1.82) is 0 Å². The van der Waals surface area contributed by atoms with Crippen LogP contribution in [0.3, 0.4) is 0 Å². The summed E-state index contributed by atoms with van der Waals surface area (Å²) in [4.78, 5) is 23.3. The van der Waals surface area contributed by atoms with Crippen LogP contribution in [0, 0.1) is 0 Å². The highest BCUT2D eigenvalue weighted by Crippen LogP contribution is 2.12. The normalized spacial score (nSPS) is 12.6. The number of hydrogen-bond donors (Lipinski definition) is 3. The summed E-state index contributed by atoms with van der Waals surface area (Å²) in [7, 11) is -3.76. The van der Waals surface area contributed by atoms with Gasteiger partial charge in [0, 0.05) is 11.6 Å². The molecule has 0 aliphatic carbocycles. The Balaban J connectivity index is 2.93. The van der Waals surface area contributed by atoms with E-state index in [9.17, 15) is 18.0 Å². The predicted octanol–water partition coefficient (Wildman–Crippen LogP) is 0.759.